The lowest BCUT2D eigenvalue weighted by atomic mass is 9.65. The van der Waals surface area contributed by atoms with E-state index >= 15 is 0 Å². The lowest BCUT2D eigenvalue weighted by molar-refractivity contribution is -0.160. The van der Waals surface area contributed by atoms with Gasteiger partial charge in [-0.25, -0.2) is 0 Å². The van der Waals surface area contributed by atoms with Crippen molar-refractivity contribution in [2.45, 2.75) is 56.3 Å². The molecule has 1 aromatic carbocycles. The molecule has 37 heavy (non-hydrogen) atoms. The molecule has 3 heterocycles. The molecular weight excluding hydrogens is 496 g/mol. The zero-order chi connectivity index (χ0) is 26.8. The van der Waals surface area contributed by atoms with E-state index in [0.29, 0.717) is 42.8 Å². The van der Waals surface area contributed by atoms with E-state index in [2.05, 4.69) is 13.2 Å². The number of hydrogen-bond acceptors (Lipinski definition) is 6. The Labute approximate surface area is 222 Å². The minimum atomic E-state index is -1.18. The molecule has 2 amide bonds. The summed E-state index contributed by atoms with van der Waals surface area (Å²) in [5.74, 6) is -2.81. The van der Waals surface area contributed by atoms with Crippen LogP contribution in [-0.2, 0) is 23.9 Å². The second-order valence-corrected chi connectivity index (χ2v) is 10.3. The highest BCUT2D eigenvalue weighted by atomic mass is 35.5. The Morgan fingerprint density at radius 1 is 1.30 bits per heavy atom. The predicted octanol–water partition coefficient (Wildman–Crippen LogP) is 3.52. The number of benzene rings is 1. The highest BCUT2D eigenvalue weighted by Gasteiger charge is 2.79. The molecule has 2 bridgehead atoms. The predicted molar refractivity (Wildman–Crippen MR) is 140 cm³/mol. The van der Waals surface area contributed by atoms with Crippen LogP contribution in [0, 0.1) is 11.8 Å². The van der Waals surface area contributed by atoms with Crippen LogP contribution in [-0.4, -0.2) is 71.3 Å². The van der Waals surface area contributed by atoms with Crippen LogP contribution in [0.25, 0.3) is 0 Å². The third-order valence-corrected chi connectivity index (χ3v) is 8.33. The molecule has 3 aliphatic rings. The van der Waals surface area contributed by atoms with Crippen molar-refractivity contribution in [3.05, 3.63) is 54.6 Å². The number of amides is 2. The van der Waals surface area contributed by atoms with Crippen molar-refractivity contribution in [1.29, 1.82) is 0 Å². The molecule has 0 aliphatic carbocycles. The number of halogens is 1. The highest BCUT2D eigenvalue weighted by molar-refractivity contribution is 6.34. The van der Waals surface area contributed by atoms with Crippen LogP contribution >= 0.6 is 11.6 Å². The van der Waals surface area contributed by atoms with E-state index in [1.54, 1.807) is 36.4 Å². The monoisotopic (exact) mass is 530 g/mol. The first-order chi connectivity index (χ1) is 17.8. The van der Waals surface area contributed by atoms with Crippen molar-refractivity contribution in [1.82, 2.24) is 4.90 Å². The number of nitrogens with zero attached hydrogens (tertiary/aromatic N) is 2. The Hall–Kier alpha value is -2.68. The molecule has 8 nitrogen and oxygen atoms in total. The van der Waals surface area contributed by atoms with Crippen LogP contribution in [0.15, 0.2) is 49.6 Å². The maximum Gasteiger partial charge on any atom is 0.312 e. The Balaban J connectivity index is 1.79. The van der Waals surface area contributed by atoms with Gasteiger partial charge in [-0.3, -0.25) is 14.4 Å². The van der Waals surface area contributed by atoms with E-state index in [1.807, 2.05) is 6.92 Å². The SMILES string of the molecule is C=CCCOC(=O)[C@H]1[C@H]2C(=O)N(CCCO)C(C(=O)N(CC=C)c3ccccc3Cl)C23CC[C@]1(CC)O3. The lowest BCUT2D eigenvalue weighted by Crippen LogP contribution is -2.56. The van der Waals surface area contributed by atoms with Gasteiger partial charge in [-0.15, -0.1) is 13.2 Å². The van der Waals surface area contributed by atoms with E-state index in [0.717, 1.165) is 0 Å². The van der Waals surface area contributed by atoms with Gasteiger partial charge in [0.2, 0.25) is 5.91 Å². The van der Waals surface area contributed by atoms with Gasteiger partial charge in [0, 0.05) is 19.7 Å². The fraction of sp³-hybridized carbons (Fsp3) is 0.536. The van der Waals surface area contributed by atoms with E-state index in [4.69, 9.17) is 21.1 Å². The quantitative estimate of drug-likeness (QED) is 0.252. The van der Waals surface area contributed by atoms with Crippen LogP contribution in [0.1, 0.15) is 39.0 Å². The molecule has 9 heteroatoms. The van der Waals surface area contributed by atoms with E-state index in [-0.39, 0.29) is 38.1 Å². The van der Waals surface area contributed by atoms with Crippen molar-refractivity contribution < 1.29 is 29.0 Å². The summed E-state index contributed by atoms with van der Waals surface area (Å²) in [6, 6.07) is 6.03. The molecule has 3 fully saturated rings. The summed E-state index contributed by atoms with van der Waals surface area (Å²) in [4.78, 5) is 44.8. The first-order valence-electron chi connectivity index (χ1n) is 12.9. The van der Waals surface area contributed by atoms with Crippen molar-refractivity contribution in [3.8, 4) is 0 Å². The second kappa shape index (κ2) is 11.0. The van der Waals surface area contributed by atoms with E-state index in [1.165, 1.54) is 9.80 Å². The smallest absolute Gasteiger partial charge is 0.312 e. The number of rotatable bonds is 12. The van der Waals surface area contributed by atoms with Crippen molar-refractivity contribution in [2.24, 2.45) is 11.8 Å². The number of aliphatic hydroxyl groups is 1. The fourth-order valence-corrected chi connectivity index (χ4v) is 6.66. The van der Waals surface area contributed by atoms with Crippen molar-refractivity contribution >= 4 is 35.1 Å². The summed E-state index contributed by atoms with van der Waals surface area (Å²) >= 11 is 6.47. The highest BCUT2D eigenvalue weighted by Crippen LogP contribution is 2.64. The number of carbonyl (C=O) groups is 3. The maximum absolute atomic E-state index is 14.4. The molecule has 4 rings (SSSR count). The number of fused-ring (bicyclic) bond motifs is 1. The first kappa shape index (κ1) is 27.4. The Bertz CT molecular complexity index is 1080. The van der Waals surface area contributed by atoms with Gasteiger partial charge in [0.1, 0.15) is 17.6 Å². The summed E-state index contributed by atoms with van der Waals surface area (Å²) in [5.41, 5.74) is -1.55. The molecule has 3 aliphatic heterocycles. The third-order valence-electron chi connectivity index (χ3n) is 8.01. The minimum absolute atomic E-state index is 0.143. The Morgan fingerprint density at radius 3 is 2.70 bits per heavy atom. The van der Waals surface area contributed by atoms with Crippen molar-refractivity contribution in [2.75, 3.05) is 31.2 Å². The molecule has 2 unspecified atom stereocenters. The minimum Gasteiger partial charge on any atom is -0.465 e. The average molecular weight is 531 g/mol. The normalized spacial score (nSPS) is 29.8. The number of anilines is 1. The van der Waals surface area contributed by atoms with Gasteiger partial charge in [0.25, 0.3) is 5.91 Å². The number of aliphatic hydroxyl groups excluding tert-OH is 1. The van der Waals surface area contributed by atoms with Crippen LogP contribution in [0.2, 0.25) is 5.02 Å². The number of carbonyl (C=O) groups excluding carboxylic acids is 3. The summed E-state index contributed by atoms with van der Waals surface area (Å²) in [6.07, 6.45) is 5.57. The standard InChI is InChI=1S/C28H35ClN2O6/c1-4-7-18-36-26(35)22-21-24(33)31(16-10-17-32)23(28(21)14-13-27(22,6-3)37-28)25(34)30(15-5-2)20-12-9-8-11-19(20)29/h4-5,8-9,11-12,21-23,32H,1-2,6-7,10,13-18H2,3H3/t21-,22+,23?,27-,28?/m0/s1. The Kier molecular flexibility index (Phi) is 8.11. The van der Waals surface area contributed by atoms with Crippen LogP contribution < -0.4 is 4.90 Å². The topological polar surface area (TPSA) is 96.4 Å². The molecule has 0 saturated carbocycles. The molecule has 5 atom stereocenters. The second-order valence-electron chi connectivity index (χ2n) is 9.88. The summed E-state index contributed by atoms with van der Waals surface area (Å²) in [5, 5.41) is 9.93. The van der Waals surface area contributed by atoms with Gasteiger partial charge in [-0.1, -0.05) is 42.8 Å². The van der Waals surface area contributed by atoms with E-state index < -0.39 is 35.0 Å². The fourth-order valence-electron chi connectivity index (χ4n) is 6.42. The number of likely N-dealkylation sites (tertiary alicyclic amines) is 1. The maximum atomic E-state index is 14.4. The van der Waals surface area contributed by atoms with E-state index in [9.17, 15) is 19.5 Å². The van der Waals surface area contributed by atoms with Gasteiger partial charge in [-0.2, -0.15) is 0 Å². The van der Waals surface area contributed by atoms with Gasteiger partial charge >= 0.3 is 5.97 Å². The molecule has 1 N–H and O–H groups in total. The van der Waals surface area contributed by atoms with Crippen LogP contribution in [0.3, 0.4) is 0 Å². The number of ether oxygens (including phenoxy) is 2. The summed E-state index contributed by atoms with van der Waals surface area (Å²) in [7, 11) is 0. The first-order valence-corrected chi connectivity index (χ1v) is 13.3. The Morgan fingerprint density at radius 2 is 2.05 bits per heavy atom. The number of para-hydroxylation sites is 1. The lowest BCUT2D eigenvalue weighted by Gasteiger charge is -2.37. The van der Waals surface area contributed by atoms with Gasteiger partial charge in [0.15, 0.2) is 0 Å². The molecule has 0 aromatic heterocycles. The largest absolute Gasteiger partial charge is 0.465 e. The molecule has 1 aromatic rings. The summed E-state index contributed by atoms with van der Waals surface area (Å²) in [6.45, 7) is 9.76. The summed E-state index contributed by atoms with van der Waals surface area (Å²) < 4.78 is 12.3. The number of hydrogen-bond donors (Lipinski definition) is 1. The number of esters is 1. The molecule has 1 spiro atoms. The molecule has 3 saturated heterocycles. The zero-order valence-corrected chi connectivity index (χ0v) is 22.0. The molecular formula is C28H35ClN2O6. The van der Waals surface area contributed by atoms with Crippen LogP contribution in [0.4, 0.5) is 5.69 Å². The van der Waals surface area contributed by atoms with Gasteiger partial charge in [0.05, 0.1) is 28.8 Å². The molecule has 0 radical (unpaired) electrons. The molecule has 200 valence electrons. The van der Waals surface area contributed by atoms with Gasteiger partial charge < -0.3 is 24.4 Å². The van der Waals surface area contributed by atoms with Crippen molar-refractivity contribution in [3.63, 3.8) is 0 Å². The van der Waals surface area contributed by atoms with Crippen LogP contribution in [0.5, 0.6) is 0 Å². The average Bonchev–Trinajstić information content (AvgIpc) is 3.50. The zero-order valence-electron chi connectivity index (χ0n) is 21.2. The third kappa shape index (κ3) is 4.39. The van der Waals surface area contributed by atoms with Gasteiger partial charge in [-0.05, 0) is 44.2 Å².